The van der Waals surface area contributed by atoms with E-state index >= 15 is 0 Å². The average Bonchev–Trinajstić information content (AvgIpc) is 2.47. The maximum Gasteiger partial charge on any atom is 0.282 e. The summed E-state index contributed by atoms with van der Waals surface area (Å²) in [4.78, 5) is 22.9. The molecule has 0 heterocycles. The molecule has 1 aliphatic rings. The highest BCUT2D eigenvalue weighted by Crippen LogP contribution is 2.34. The molecule has 0 saturated carbocycles. The van der Waals surface area contributed by atoms with Gasteiger partial charge >= 0.3 is 0 Å². The zero-order valence-electron chi connectivity index (χ0n) is 12.2. The predicted octanol–water partition coefficient (Wildman–Crippen LogP) is 2.97. The third kappa shape index (κ3) is 2.45. The second kappa shape index (κ2) is 5.60. The molecule has 1 aliphatic carbocycles. The fraction of sp³-hybridized carbons (Fsp3) is 0.235. The van der Waals surface area contributed by atoms with Gasteiger partial charge in [-0.05, 0) is 30.0 Å². The van der Waals surface area contributed by atoms with Crippen LogP contribution in [-0.4, -0.2) is 17.4 Å². The normalized spacial score (nSPS) is 15.6. The molecule has 2 aromatic carbocycles. The van der Waals surface area contributed by atoms with Crippen molar-refractivity contribution in [3.8, 4) is 0 Å². The maximum absolute atomic E-state index is 12.3. The summed E-state index contributed by atoms with van der Waals surface area (Å²) in [5, 5.41) is 13.9. The molecular weight excluding hydrogens is 280 g/mol. The SMILES string of the molecule is Cc1cccc([N+](=O)[O-])c1C(=O)NCC1Cc2ccccc21. The van der Waals surface area contributed by atoms with Gasteiger partial charge in [-0.3, -0.25) is 14.9 Å². The number of carbonyl (C=O) groups is 1. The Morgan fingerprint density at radius 2 is 2.05 bits per heavy atom. The lowest BCUT2D eigenvalue weighted by atomic mass is 9.77. The lowest BCUT2D eigenvalue weighted by molar-refractivity contribution is -0.385. The van der Waals surface area contributed by atoms with E-state index in [0.29, 0.717) is 18.0 Å². The molecule has 3 rings (SSSR count). The quantitative estimate of drug-likeness (QED) is 0.696. The highest BCUT2D eigenvalue weighted by Gasteiger charge is 2.27. The van der Waals surface area contributed by atoms with Gasteiger partial charge in [0.25, 0.3) is 11.6 Å². The summed E-state index contributed by atoms with van der Waals surface area (Å²) in [6.45, 7) is 2.21. The van der Waals surface area contributed by atoms with Gasteiger partial charge in [0.05, 0.1) is 4.92 Å². The molecule has 0 saturated heterocycles. The second-order valence-corrected chi connectivity index (χ2v) is 5.54. The fourth-order valence-corrected chi connectivity index (χ4v) is 2.95. The third-order valence-corrected chi connectivity index (χ3v) is 4.14. The number of nitro groups is 1. The number of benzene rings is 2. The van der Waals surface area contributed by atoms with E-state index in [1.807, 2.05) is 12.1 Å². The summed E-state index contributed by atoms with van der Waals surface area (Å²) in [5.41, 5.74) is 3.18. The van der Waals surface area contributed by atoms with Crippen LogP contribution in [0.3, 0.4) is 0 Å². The Bertz CT molecular complexity index is 755. The van der Waals surface area contributed by atoms with Gasteiger partial charge in [-0.1, -0.05) is 36.4 Å². The first kappa shape index (κ1) is 14.3. The predicted molar refractivity (Wildman–Crippen MR) is 83.1 cm³/mol. The molecule has 1 amide bonds. The Hall–Kier alpha value is -2.69. The molecule has 0 spiro atoms. The molecule has 0 aliphatic heterocycles. The van der Waals surface area contributed by atoms with E-state index in [9.17, 15) is 14.9 Å². The Kier molecular flexibility index (Phi) is 3.63. The molecule has 0 radical (unpaired) electrons. The van der Waals surface area contributed by atoms with Crippen LogP contribution in [0, 0.1) is 17.0 Å². The Morgan fingerprint density at radius 3 is 2.77 bits per heavy atom. The van der Waals surface area contributed by atoms with Gasteiger partial charge in [-0.2, -0.15) is 0 Å². The fourth-order valence-electron chi connectivity index (χ4n) is 2.95. The van der Waals surface area contributed by atoms with E-state index in [1.54, 1.807) is 19.1 Å². The largest absolute Gasteiger partial charge is 0.351 e. The van der Waals surface area contributed by atoms with Gasteiger partial charge in [0, 0.05) is 18.5 Å². The average molecular weight is 296 g/mol. The highest BCUT2D eigenvalue weighted by atomic mass is 16.6. The topological polar surface area (TPSA) is 72.2 Å². The van der Waals surface area contributed by atoms with E-state index in [-0.39, 0.29) is 17.2 Å². The molecule has 1 unspecified atom stereocenters. The van der Waals surface area contributed by atoms with Crippen LogP contribution in [0.5, 0.6) is 0 Å². The van der Waals surface area contributed by atoms with Crippen molar-refractivity contribution < 1.29 is 9.72 Å². The van der Waals surface area contributed by atoms with Gasteiger partial charge < -0.3 is 5.32 Å². The molecule has 1 atom stereocenters. The molecule has 5 nitrogen and oxygen atoms in total. The van der Waals surface area contributed by atoms with Crippen LogP contribution in [-0.2, 0) is 6.42 Å². The van der Waals surface area contributed by atoms with Crippen molar-refractivity contribution >= 4 is 11.6 Å². The number of carbonyl (C=O) groups excluding carboxylic acids is 1. The van der Waals surface area contributed by atoms with E-state index < -0.39 is 4.92 Å². The molecule has 5 heteroatoms. The first-order valence-electron chi connectivity index (χ1n) is 7.18. The van der Waals surface area contributed by atoms with Gasteiger partial charge in [0.1, 0.15) is 5.56 Å². The molecule has 0 bridgehead atoms. The number of hydrogen-bond donors (Lipinski definition) is 1. The van der Waals surface area contributed by atoms with Crippen molar-refractivity contribution in [3.05, 3.63) is 74.8 Å². The zero-order valence-corrected chi connectivity index (χ0v) is 12.2. The van der Waals surface area contributed by atoms with Gasteiger partial charge in [-0.25, -0.2) is 0 Å². The molecule has 0 fully saturated rings. The number of nitrogens with one attached hydrogen (secondary N) is 1. The number of rotatable bonds is 4. The van der Waals surface area contributed by atoms with Crippen molar-refractivity contribution in [2.75, 3.05) is 6.54 Å². The van der Waals surface area contributed by atoms with Crippen molar-refractivity contribution in [1.82, 2.24) is 5.32 Å². The molecular formula is C17H16N2O3. The zero-order chi connectivity index (χ0) is 15.7. The minimum absolute atomic E-state index is 0.147. The first-order chi connectivity index (χ1) is 10.6. The van der Waals surface area contributed by atoms with E-state index in [1.165, 1.54) is 17.2 Å². The Morgan fingerprint density at radius 1 is 1.27 bits per heavy atom. The third-order valence-electron chi connectivity index (χ3n) is 4.14. The van der Waals surface area contributed by atoms with Crippen LogP contribution >= 0.6 is 0 Å². The lowest BCUT2D eigenvalue weighted by Crippen LogP contribution is -2.33. The number of aryl methyl sites for hydroxylation is 1. The minimum Gasteiger partial charge on any atom is -0.351 e. The Labute approximate surface area is 128 Å². The standard InChI is InChI=1S/C17H16N2O3/c1-11-5-4-8-15(19(21)22)16(11)17(20)18-10-13-9-12-6-2-3-7-14(12)13/h2-8,13H,9-10H2,1H3,(H,18,20). The first-order valence-corrected chi connectivity index (χ1v) is 7.18. The highest BCUT2D eigenvalue weighted by molar-refractivity contribution is 5.99. The van der Waals surface area contributed by atoms with Crippen molar-refractivity contribution in [2.24, 2.45) is 0 Å². The summed E-state index contributed by atoms with van der Waals surface area (Å²) in [5.74, 6) is -0.0857. The molecule has 112 valence electrons. The lowest BCUT2D eigenvalue weighted by Gasteiger charge is -2.30. The number of fused-ring (bicyclic) bond motifs is 1. The second-order valence-electron chi connectivity index (χ2n) is 5.54. The van der Waals surface area contributed by atoms with Crippen molar-refractivity contribution in [1.29, 1.82) is 0 Å². The van der Waals surface area contributed by atoms with E-state index in [0.717, 1.165) is 6.42 Å². The van der Waals surface area contributed by atoms with Crippen LogP contribution in [0.15, 0.2) is 42.5 Å². The summed E-state index contributed by atoms with van der Waals surface area (Å²) < 4.78 is 0. The maximum atomic E-state index is 12.3. The van der Waals surface area contributed by atoms with Crippen LogP contribution in [0.2, 0.25) is 0 Å². The van der Waals surface area contributed by atoms with Crippen molar-refractivity contribution in [3.63, 3.8) is 0 Å². The van der Waals surface area contributed by atoms with Crippen LogP contribution in [0.25, 0.3) is 0 Å². The van der Waals surface area contributed by atoms with Crippen molar-refractivity contribution in [2.45, 2.75) is 19.3 Å². The van der Waals surface area contributed by atoms with E-state index in [2.05, 4.69) is 17.4 Å². The summed E-state index contributed by atoms with van der Waals surface area (Å²) in [6, 6.07) is 12.8. The van der Waals surface area contributed by atoms with Gasteiger partial charge in [0.2, 0.25) is 0 Å². The molecule has 2 aromatic rings. The van der Waals surface area contributed by atoms with Crippen LogP contribution in [0.4, 0.5) is 5.69 Å². The molecule has 22 heavy (non-hydrogen) atoms. The van der Waals surface area contributed by atoms with Crippen LogP contribution in [0.1, 0.15) is 33.0 Å². The summed E-state index contributed by atoms with van der Waals surface area (Å²) >= 11 is 0. The monoisotopic (exact) mass is 296 g/mol. The van der Waals surface area contributed by atoms with Crippen LogP contribution < -0.4 is 5.32 Å². The number of amides is 1. The number of nitrogens with zero attached hydrogens (tertiary/aromatic N) is 1. The molecule has 1 N–H and O–H groups in total. The van der Waals surface area contributed by atoms with Gasteiger partial charge in [0.15, 0.2) is 0 Å². The number of nitro benzene ring substituents is 1. The summed E-state index contributed by atoms with van der Waals surface area (Å²) in [7, 11) is 0. The Balaban J connectivity index is 1.73. The van der Waals surface area contributed by atoms with E-state index in [4.69, 9.17) is 0 Å². The minimum atomic E-state index is -0.513. The number of hydrogen-bond acceptors (Lipinski definition) is 3. The summed E-state index contributed by atoms with van der Waals surface area (Å²) in [6.07, 6.45) is 0.937. The smallest absolute Gasteiger partial charge is 0.282 e. The van der Waals surface area contributed by atoms with Gasteiger partial charge in [-0.15, -0.1) is 0 Å². The molecule has 0 aromatic heterocycles.